The Kier molecular flexibility index (Phi) is 8.50. The molecule has 1 N–H and O–H groups in total. The van der Waals surface area contributed by atoms with Crippen LogP contribution in [0, 0.1) is 0 Å². The predicted molar refractivity (Wildman–Crippen MR) is 173 cm³/mol. The molecule has 0 spiro atoms. The Hall–Kier alpha value is -3.71. The first-order valence-corrected chi connectivity index (χ1v) is 19.1. The second-order valence-corrected chi connectivity index (χ2v) is 19.1. The summed E-state index contributed by atoms with van der Waals surface area (Å²) in [4.78, 5) is 40.0. The quantitative estimate of drug-likeness (QED) is 0.340. The minimum absolute atomic E-state index is 0.0980. The molecule has 2 bridgehead atoms. The molecule has 3 amide bonds. The summed E-state index contributed by atoms with van der Waals surface area (Å²) >= 11 is 0. The summed E-state index contributed by atoms with van der Waals surface area (Å²) in [6.07, 6.45) is 8.16. The van der Waals surface area contributed by atoms with Gasteiger partial charge in [0.25, 0.3) is 5.91 Å². The van der Waals surface area contributed by atoms with Gasteiger partial charge in [-0.15, -0.1) is 5.10 Å². The van der Waals surface area contributed by atoms with E-state index in [0.29, 0.717) is 49.1 Å². The van der Waals surface area contributed by atoms with Crippen LogP contribution in [-0.2, 0) is 17.4 Å². The molecule has 0 unspecified atom stereocenters. The molecule has 12 nitrogen and oxygen atoms in total. The average Bonchev–Trinajstić information content (AvgIpc) is 3.60. The lowest BCUT2D eigenvalue weighted by atomic mass is 10.00. The van der Waals surface area contributed by atoms with Gasteiger partial charge in [0.2, 0.25) is 5.82 Å². The minimum atomic E-state index is -1.94. The predicted octanol–water partition coefficient (Wildman–Crippen LogP) is 5.46. The second-order valence-electron chi connectivity index (χ2n) is 14.2. The van der Waals surface area contributed by atoms with Gasteiger partial charge in [0.15, 0.2) is 8.32 Å². The van der Waals surface area contributed by atoms with Gasteiger partial charge in [-0.25, -0.2) is 14.5 Å². The summed E-state index contributed by atoms with van der Waals surface area (Å²) in [6, 6.07) is 7.95. The van der Waals surface area contributed by atoms with Crippen molar-refractivity contribution < 1.29 is 14.0 Å². The Morgan fingerprint density at radius 1 is 1.11 bits per heavy atom. The average molecular weight is 632 g/mol. The van der Waals surface area contributed by atoms with Gasteiger partial charge in [-0.2, -0.15) is 0 Å². The molecule has 13 heteroatoms. The number of anilines is 1. The van der Waals surface area contributed by atoms with Gasteiger partial charge in [0.1, 0.15) is 17.2 Å². The third-order valence-electron chi connectivity index (χ3n) is 10.1. The molecule has 0 saturated carbocycles. The van der Waals surface area contributed by atoms with Gasteiger partial charge >= 0.3 is 6.03 Å². The van der Waals surface area contributed by atoms with E-state index in [4.69, 9.17) is 4.43 Å². The molecule has 2 fully saturated rings. The van der Waals surface area contributed by atoms with E-state index in [1.807, 2.05) is 30.0 Å². The van der Waals surface area contributed by atoms with E-state index < -0.39 is 8.32 Å². The highest BCUT2D eigenvalue weighted by molar-refractivity contribution is 6.74. The van der Waals surface area contributed by atoms with Gasteiger partial charge in [-0.1, -0.05) is 26.8 Å². The highest BCUT2D eigenvalue weighted by atomic mass is 28.4. The molecule has 240 valence electrons. The zero-order valence-electron chi connectivity index (χ0n) is 27.3. The molecule has 3 atom stereocenters. The Labute approximate surface area is 266 Å². The lowest BCUT2D eigenvalue weighted by Gasteiger charge is -2.40. The number of fused-ring (bicyclic) bond motifs is 3. The Bertz CT molecular complexity index is 1550. The van der Waals surface area contributed by atoms with Crippen molar-refractivity contribution in [3.63, 3.8) is 0 Å². The van der Waals surface area contributed by atoms with E-state index in [9.17, 15) is 9.59 Å². The number of carbonyl (C=O) groups is 2. The number of rotatable bonds is 7. The number of nitrogens with zero attached hydrogens (tertiary/aromatic N) is 8. The number of aromatic nitrogens is 6. The van der Waals surface area contributed by atoms with E-state index in [1.54, 1.807) is 16.9 Å². The van der Waals surface area contributed by atoms with Crippen LogP contribution in [0.15, 0.2) is 30.5 Å². The van der Waals surface area contributed by atoms with Crippen molar-refractivity contribution >= 4 is 26.1 Å². The number of tetrazole rings is 1. The number of nitrogens with one attached hydrogen (secondary N) is 1. The molecule has 0 radical (unpaired) electrons. The fourth-order valence-electron chi connectivity index (χ4n) is 6.40. The van der Waals surface area contributed by atoms with Crippen molar-refractivity contribution in [1.82, 2.24) is 40.0 Å². The fourth-order valence-corrected chi connectivity index (χ4v) is 7.49. The molecule has 2 saturated heterocycles. The summed E-state index contributed by atoms with van der Waals surface area (Å²) < 4.78 is 8.13. The number of urea groups is 1. The molecular formula is C32H45N9O3Si. The number of hydrogen-bond donors (Lipinski definition) is 1. The van der Waals surface area contributed by atoms with E-state index >= 15 is 0 Å². The first-order chi connectivity index (χ1) is 21.4. The Morgan fingerprint density at radius 2 is 1.87 bits per heavy atom. The summed E-state index contributed by atoms with van der Waals surface area (Å²) in [6.45, 7) is 14.7. The Balaban J connectivity index is 1.12. The first-order valence-electron chi connectivity index (χ1n) is 16.2. The topological polar surface area (TPSA) is 131 Å². The lowest BCUT2D eigenvalue weighted by molar-refractivity contribution is 0.102. The van der Waals surface area contributed by atoms with Crippen LogP contribution < -0.4 is 5.32 Å². The Morgan fingerprint density at radius 3 is 2.60 bits per heavy atom. The monoisotopic (exact) mass is 631 g/mol. The molecule has 45 heavy (non-hydrogen) atoms. The van der Waals surface area contributed by atoms with Gasteiger partial charge in [-0.05, 0) is 103 Å². The fraction of sp³-hybridized carbons (Fsp3) is 0.594. The highest BCUT2D eigenvalue weighted by Crippen LogP contribution is 2.38. The van der Waals surface area contributed by atoms with E-state index in [0.717, 1.165) is 43.2 Å². The van der Waals surface area contributed by atoms with Crippen LogP contribution in [0.3, 0.4) is 0 Å². The van der Waals surface area contributed by atoms with Crippen LogP contribution in [0.5, 0.6) is 0 Å². The molecule has 6 heterocycles. The maximum absolute atomic E-state index is 13.5. The van der Waals surface area contributed by atoms with Gasteiger partial charge in [0.05, 0.1) is 12.6 Å². The van der Waals surface area contributed by atoms with Crippen LogP contribution in [0.2, 0.25) is 18.1 Å². The van der Waals surface area contributed by atoms with Gasteiger partial charge < -0.3 is 19.5 Å². The maximum Gasteiger partial charge on any atom is 0.320 e. The smallest absolute Gasteiger partial charge is 0.320 e. The van der Waals surface area contributed by atoms with Crippen molar-refractivity contribution in [1.29, 1.82) is 0 Å². The van der Waals surface area contributed by atoms with E-state index in [2.05, 4.69) is 69.6 Å². The minimum Gasteiger partial charge on any atom is -0.415 e. The molecule has 3 aliphatic heterocycles. The molecule has 6 rings (SSSR count). The van der Waals surface area contributed by atoms with Crippen molar-refractivity contribution in [2.45, 2.75) is 109 Å². The zero-order chi connectivity index (χ0) is 31.9. The standard InChI is InChI=1S/C32H45N9O3Si/c1-21(20-44-45(5,6)32(2,3)4)41-29(36-37-38-41)26-11-8-12-28(34-26)35-30(42)27-17-23-19-39(16-15-22(23)18-33-27)31(43)40-24-9-7-10-25(40)14-13-24/h8,11-12,17-18,21,24-25H,7,9-10,13-16,19-20H2,1-6H3,(H,34,35,42)/t21-,24-,25+/m1/s1. The van der Waals surface area contributed by atoms with Gasteiger partial charge in [-0.3, -0.25) is 9.78 Å². The maximum atomic E-state index is 13.5. The second kappa shape index (κ2) is 12.2. The molecule has 0 aliphatic carbocycles. The van der Waals surface area contributed by atoms with Crippen LogP contribution in [0.4, 0.5) is 10.6 Å². The zero-order valence-corrected chi connectivity index (χ0v) is 28.3. The summed E-state index contributed by atoms with van der Waals surface area (Å²) in [7, 11) is -1.94. The molecule has 3 aromatic rings. The summed E-state index contributed by atoms with van der Waals surface area (Å²) in [5.74, 6) is 0.501. The number of hydrogen-bond acceptors (Lipinski definition) is 8. The number of piperidine rings is 1. The number of amides is 3. The van der Waals surface area contributed by atoms with E-state index in [1.165, 1.54) is 6.42 Å². The molecule has 0 aromatic carbocycles. The molecular weight excluding hydrogens is 586 g/mol. The van der Waals surface area contributed by atoms with Crippen molar-refractivity contribution in [2.24, 2.45) is 0 Å². The van der Waals surface area contributed by atoms with Gasteiger partial charge in [0, 0.05) is 31.4 Å². The van der Waals surface area contributed by atoms with Crippen LogP contribution in [0.25, 0.3) is 11.5 Å². The summed E-state index contributed by atoms with van der Waals surface area (Å²) in [5.41, 5.74) is 2.87. The first kappa shape index (κ1) is 31.3. The summed E-state index contributed by atoms with van der Waals surface area (Å²) in [5, 5.41) is 15.3. The highest BCUT2D eigenvalue weighted by Gasteiger charge is 2.42. The van der Waals surface area contributed by atoms with Crippen molar-refractivity contribution in [3.05, 3.63) is 47.3 Å². The normalized spacial score (nSPS) is 20.6. The van der Waals surface area contributed by atoms with Crippen LogP contribution in [0.1, 0.15) is 87.5 Å². The third kappa shape index (κ3) is 6.37. The number of carbonyl (C=O) groups excluding carboxylic acids is 2. The lowest BCUT2D eigenvalue weighted by Crippen LogP contribution is -2.51. The SMILES string of the molecule is C[C@H](CO[Si](C)(C)C(C)(C)C)n1nnnc1-c1cccc(NC(=O)c2cc3c(cn2)CCN(C(=O)N2[C@@H]4CCC[C@H]2CC4)C3)n1. The van der Waals surface area contributed by atoms with Crippen LogP contribution >= 0.6 is 0 Å². The third-order valence-corrected chi connectivity index (χ3v) is 14.6. The largest absolute Gasteiger partial charge is 0.415 e. The van der Waals surface area contributed by atoms with Crippen molar-refractivity contribution in [3.8, 4) is 11.5 Å². The van der Waals surface area contributed by atoms with Crippen molar-refractivity contribution in [2.75, 3.05) is 18.5 Å². The van der Waals surface area contributed by atoms with Crippen LogP contribution in [-0.4, -0.2) is 85.5 Å². The molecule has 3 aromatic heterocycles. The number of pyridine rings is 2. The van der Waals surface area contributed by atoms with E-state index in [-0.39, 0.29) is 28.7 Å². The molecule has 3 aliphatic rings.